The van der Waals surface area contributed by atoms with Crippen LogP contribution >= 0.6 is 11.3 Å². The van der Waals surface area contributed by atoms with Crippen molar-refractivity contribution in [3.63, 3.8) is 0 Å². The van der Waals surface area contributed by atoms with Crippen LogP contribution in [0.5, 0.6) is 11.5 Å². The van der Waals surface area contributed by atoms with Gasteiger partial charge in [0.15, 0.2) is 0 Å². The summed E-state index contributed by atoms with van der Waals surface area (Å²) in [5.41, 5.74) is 1.60. The monoisotopic (exact) mass is 357 g/mol. The zero-order chi connectivity index (χ0) is 17.8. The maximum absolute atomic E-state index is 10.9. The van der Waals surface area contributed by atoms with Crippen LogP contribution in [0.15, 0.2) is 35.7 Å². The molecule has 0 radical (unpaired) electrons. The molecule has 2 aromatic carbocycles. The van der Waals surface area contributed by atoms with E-state index in [1.165, 1.54) is 11.3 Å². The van der Waals surface area contributed by atoms with Crippen LogP contribution in [0.4, 0.5) is 0 Å². The maximum atomic E-state index is 10.9. The van der Waals surface area contributed by atoms with E-state index in [2.05, 4.69) is 4.98 Å². The van der Waals surface area contributed by atoms with Crippen LogP contribution in [0.2, 0.25) is 0 Å². The summed E-state index contributed by atoms with van der Waals surface area (Å²) in [7, 11) is 0. The molecule has 1 heterocycles. The number of fused-ring (bicyclic) bond motifs is 1. The topological polar surface area (TPSA) is 68.7 Å². The smallest absolute Gasteiger partial charge is 0.310 e. The Morgan fingerprint density at radius 1 is 1.12 bits per heavy atom. The summed E-state index contributed by atoms with van der Waals surface area (Å²) in [6.45, 7) is 4.95. The van der Waals surface area contributed by atoms with Gasteiger partial charge in [-0.05, 0) is 19.2 Å². The molecule has 5 nitrogen and oxygen atoms in total. The van der Waals surface area contributed by atoms with Crippen molar-refractivity contribution in [2.75, 3.05) is 13.2 Å². The van der Waals surface area contributed by atoms with Crippen molar-refractivity contribution in [2.45, 2.75) is 20.3 Å². The fourth-order valence-electron chi connectivity index (χ4n) is 2.76. The van der Waals surface area contributed by atoms with Gasteiger partial charge in [0.2, 0.25) is 0 Å². The van der Waals surface area contributed by atoms with E-state index in [1.54, 1.807) is 0 Å². The van der Waals surface area contributed by atoms with Gasteiger partial charge >= 0.3 is 5.97 Å². The average Bonchev–Trinajstić information content (AvgIpc) is 3.03. The van der Waals surface area contributed by atoms with Crippen LogP contribution < -0.4 is 9.47 Å². The normalized spacial score (nSPS) is 10.8. The number of carboxylic acid groups (broad SMARTS) is 1. The molecule has 1 N–H and O–H groups in total. The minimum Gasteiger partial charge on any atom is -0.493 e. The van der Waals surface area contributed by atoms with Gasteiger partial charge in [0.05, 0.1) is 30.9 Å². The molecule has 0 aliphatic rings. The molecule has 0 unspecified atom stereocenters. The van der Waals surface area contributed by atoms with Gasteiger partial charge in [0.25, 0.3) is 0 Å². The van der Waals surface area contributed by atoms with Gasteiger partial charge in [-0.15, -0.1) is 11.3 Å². The number of hydrogen-bond acceptors (Lipinski definition) is 5. The van der Waals surface area contributed by atoms with Crippen LogP contribution in [0, 0.1) is 0 Å². The average molecular weight is 357 g/mol. The lowest BCUT2D eigenvalue weighted by atomic mass is 10.0. The lowest BCUT2D eigenvalue weighted by Gasteiger charge is -2.16. The molecule has 25 heavy (non-hydrogen) atoms. The molecule has 0 saturated heterocycles. The van der Waals surface area contributed by atoms with Crippen molar-refractivity contribution in [1.82, 2.24) is 4.98 Å². The van der Waals surface area contributed by atoms with E-state index in [0.29, 0.717) is 24.0 Å². The number of hydrogen-bond donors (Lipinski definition) is 1. The number of thiazole rings is 1. The Morgan fingerprint density at radius 2 is 1.80 bits per heavy atom. The lowest BCUT2D eigenvalue weighted by Crippen LogP contribution is -2.00. The number of rotatable bonds is 7. The van der Waals surface area contributed by atoms with Crippen molar-refractivity contribution in [3.05, 3.63) is 40.7 Å². The first-order chi connectivity index (χ1) is 12.1. The molecule has 1 aromatic heterocycles. The van der Waals surface area contributed by atoms with Crippen molar-refractivity contribution < 1.29 is 19.4 Å². The van der Waals surface area contributed by atoms with Crippen LogP contribution in [0.1, 0.15) is 18.9 Å². The first-order valence-electron chi connectivity index (χ1n) is 8.12. The van der Waals surface area contributed by atoms with Crippen molar-refractivity contribution in [1.29, 1.82) is 0 Å². The number of aliphatic carboxylic acids is 1. The highest BCUT2D eigenvalue weighted by atomic mass is 32.1. The van der Waals surface area contributed by atoms with Crippen molar-refractivity contribution in [2.24, 2.45) is 0 Å². The predicted molar refractivity (Wildman–Crippen MR) is 98.7 cm³/mol. The van der Waals surface area contributed by atoms with Gasteiger partial charge in [0, 0.05) is 16.8 Å². The highest BCUT2D eigenvalue weighted by molar-refractivity contribution is 7.10. The second-order valence-corrected chi connectivity index (χ2v) is 6.30. The Bertz CT molecular complexity index is 904. The van der Waals surface area contributed by atoms with Crippen LogP contribution in [0.25, 0.3) is 22.0 Å². The Hall–Kier alpha value is -2.60. The quantitative estimate of drug-likeness (QED) is 0.679. The summed E-state index contributed by atoms with van der Waals surface area (Å²) >= 11 is 1.34. The van der Waals surface area contributed by atoms with E-state index in [1.807, 2.05) is 49.6 Å². The molecule has 0 fully saturated rings. The molecule has 0 aliphatic carbocycles. The van der Waals surface area contributed by atoms with E-state index in [9.17, 15) is 4.79 Å². The summed E-state index contributed by atoms with van der Waals surface area (Å²) < 4.78 is 11.6. The summed E-state index contributed by atoms with van der Waals surface area (Å²) in [4.78, 5) is 15.4. The van der Waals surface area contributed by atoms with Gasteiger partial charge in [-0.1, -0.05) is 24.3 Å². The molecule has 0 saturated carbocycles. The lowest BCUT2D eigenvalue weighted by molar-refractivity contribution is -0.136. The second-order valence-electron chi connectivity index (χ2n) is 5.36. The molecule has 3 rings (SSSR count). The molecule has 0 amide bonds. The third-order valence-electron chi connectivity index (χ3n) is 3.68. The van der Waals surface area contributed by atoms with Gasteiger partial charge in [-0.2, -0.15) is 0 Å². The molecule has 3 aromatic rings. The number of benzene rings is 2. The number of carboxylic acids is 1. The fraction of sp³-hybridized carbons (Fsp3) is 0.263. The molecular formula is C19H19NO4S. The van der Waals surface area contributed by atoms with Crippen LogP contribution in [0.3, 0.4) is 0 Å². The Labute approximate surface area is 149 Å². The van der Waals surface area contributed by atoms with E-state index in [4.69, 9.17) is 14.6 Å². The zero-order valence-electron chi connectivity index (χ0n) is 14.1. The number of nitrogens with zero attached hydrogens (tertiary/aromatic N) is 1. The predicted octanol–water partition coefficient (Wildman–Crippen LogP) is 4.39. The second kappa shape index (κ2) is 7.53. The van der Waals surface area contributed by atoms with Crippen molar-refractivity contribution >= 4 is 28.1 Å². The van der Waals surface area contributed by atoms with Crippen LogP contribution in [-0.4, -0.2) is 29.3 Å². The molecule has 6 heteroatoms. The largest absolute Gasteiger partial charge is 0.493 e. The first kappa shape index (κ1) is 17.2. The zero-order valence-corrected chi connectivity index (χ0v) is 14.9. The number of ether oxygens (including phenoxy) is 2. The third-order valence-corrected chi connectivity index (χ3v) is 4.53. The molecule has 0 spiro atoms. The Balaban J connectivity index is 2.21. The molecule has 0 bridgehead atoms. The first-order valence-corrected chi connectivity index (χ1v) is 8.99. The van der Waals surface area contributed by atoms with Crippen molar-refractivity contribution in [3.8, 4) is 22.8 Å². The van der Waals surface area contributed by atoms with Gasteiger partial charge < -0.3 is 14.6 Å². The summed E-state index contributed by atoms with van der Waals surface area (Å²) in [6.07, 6.45) is -0.0798. The molecule has 0 atom stereocenters. The fourth-order valence-corrected chi connectivity index (χ4v) is 3.54. The minimum atomic E-state index is -0.887. The Kier molecular flexibility index (Phi) is 5.19. The molecule has 0 aliphatic heterocycles. The molecular weight excluding hydrogens is 338 g/mol. The van der Waals surface area contributed by atoms with E-state index >= 15 is 0 Å². The standard InChI is InChI=1S/C19H19NO4S/c1-3-23-15-9-16(24-4-2)19(13-8-6-5-7-12(13)15)14-11-25-17(20-14)10-18(21)22/h5-9,11H,3-4,10H2,1-2H3,(H,21,22). The number of aromatic nitrogens is 1. The highest BCUT2D eigenvalue weighted by Gasteiger charge is 2.18. The van der Waals surface area contributed by atoms with Gasteiger partial charge in [-0.3, -0.25) is 4.79 Å². The SMILES string of the molecule is CCOc1cc(OCC)c2ccccc2c1-c1csc(CC(=O)O)n1. The third kappa shape index (κ3) is 3.58. The minimum absolute atomic E-state index is 0.0798. The maximum Gasteiger partial charge on any atom is 0.310 e. The summed E-state index contributed by atoms with van der Waals surface area (Å²) in [6, 6.07) is 9.82. The molecule has 130 valence electrons. The Morgan fingerprint density at radius 3 is 2.48 bits per heavy atom. The van der Waals surface area contributed by atoms with E-state index in [0.717, 1.165) is 27.8 Å². The highest BCUT2D eigenvalue weighted by Crippen LogP contribution is 2.42. The van der Waals surface area contributed by atoms with E-state index in [-0.39, 0.29) is 6.42 Å². The number of carbonyl (C=O) groups is 1. The van der Waals surface area contributed by atoms with E-state index < -0.39 is 5.97 Å². The van der Waals surface area contributed by atoms with Crippen LogP contribution in [-0.2, 0) is 11.2 Å². The summed E-state index contributed by atoms with van der Waals surface area (Å²) in [5.74, 6) is 0.575. The summed E-state index contributed by atoms with van der Waals surface area (Å²) in [5, 5.41) is 13.4. The van der Waals surface area contributed by atoms with Gasteiger partial charge in [0.1, 0.15) is 16.5 Å². The van der Waals surface area contributed by atoms with Gasteiger partial charge in [-0.25, -0.2) is 4.98 Å².